The molecule has 2 amide bonds. The molecule has 0 unspecified atom stereocenters. The number of amides is 2. The molecule has 1 spiro atoms. The highest BCUT2D eigenvalue weighted by Crippen LogP contribution is 2.45. The zero-order valence-electron chi connectivity index (χ0n) is 16.6. The topological polar surface area (TPSA) is 40.6 Å². The van der Waals surface area contributed by atoms with Gasteiger partial charge in [0.2, 0.25) is 0 Å². The molecule has 2 aliphatic heterocycles. The van der Waals surface area contributed by atoms with Crippen molar-refractivity contribution < 1.29 is 9.59 Å². The number of halogens is 1. The fourth-order valence-electron chi connectivity index (χ4n) is 4.21. The Kier molecular flexibility index (Phi) is 5.88. The van der Waals surface area contributed by atoms with Gasteiger partial charge < -0.3 is 9.80 Å². The number of hydrogen-bond donors (Lipinski definition) is 0. The average Bonchev–Trinajstić information content (AvgIpc) is 3.16. The van der Waals surface area contributed by atoms with E-state index in [9.17, 15) is 9.59 Å². The van der Waals surface area contributed by atoms with Gasteiger partial charge in [-0.1, -0.05) is 42.8 Å². The molecular weight excluding hydrogens is 404 g/mol. The highest BCUT2D eigenvalue weighted by Gasteiger charge is 2.47. The maximum Gasteiger partial charge on any atom is 0.256 e. The molecule has 2 saturated heterocycles. The first kappa shape index (κ1) is 20.3. The van der Waals surface area contributed by atoms with Gasteiger partial charge in [0.25, 0.3) is 11.8 Å². The van der Waals surface area contributed by atoms with Crippen molar-refractivity contribution >= 4 is 35.2 Å². The molecule has 29 heavy (non-hydrogen) atoms. The Balaban J connectivity index is 1.46. The zero-order valence-corrected chi connectivity index (χ0v) is 18.1. The van der Waals surface area contributed by atoms with Crippen LogP contribution in [-0.2, 0) is 6.42 Å². The summed E-state index contributed by atoms with van der Waals surface area (Å²) < 4.78 is 0. The molecule has 0 aliphatic carbocycles. The van der Waals surface area contributed by atoms with E-state index >= 15 is 0 Å². The molecule has 2 aliphatic rings. The van der Waals surface area contributed by atoms with Crippen molar-refractivity contribution in [3.63, 3.8) is 0 Å². The van der Waals surface area contributed by atoms with Gasteiger partial charge in [0.05, 0.1) is 15.5 Å². The van der Waals surface area contributed by atoms with Crippen molar-refractivity contribution in [2.45, 2.75) is 31.1 Å². The third-order valence-corrected chi connectivity index (χ3v) is 7.85. The minimum atomic E-state index is -0.237. The van der Waals surface area contributed by atoms with Gasteiger partial charge in [-0.05, 0) is 49.1 Å². The summed E-state index contributed by atoms with van der Waals surface area (Å²) in [6.45, 7) is 4.15. The molecule has 2 heterocycles. The van der Waals surface area contributed by atoms with Crippen molar-refractivity contribution in [1.82, 2.24) is 9.80 Å². The van der Waals surface area contributed by atoms with Crippen molar-refractivity contribution in [2.75, 3.05) is 25.4 Å². The molecule has 0 atom stereocenters. The number of carbonyl (C=O) groups is 2. The lowest BCUT2D eigenvalue weighted by Crippen LogP contribution is -2.53. The monoisotopic (exact) mass is 428 g/mol. The highest BCUT2D eigenvalue weighted by atomic mass is 35.5. The summed E-state index contributed by atoms with van der Waals surface area (Å²) >= 11 is 8.11. The van der Waals surface area contributed by atoms with Gasteiger partial charge in [-0.3, -0.25) is 9.59 Å². The van der Waals surface area contributed by atoms with Crippen LogP contribution in [0.5, 0.6) is 0 Å². The third kappa shape index (κ3) is 3.90. The quantitative estimate of drug-likeness (QED) is 0.709. The van der Waals surface area contributed by atoms with E-state index < -0.39 is 0 Å². The van der Waals surface area contributed by atoms with Gasteiger partial charge in [-0.2, -0.15) is 0 Å². The predicted molar refractivity (Wildman–Crippen MR) is 119 cm³/mol. The Morgan fingerprint density at radius 1 is 1.00 bits per heavy atom. The third-order valence-electron chi connectivity index (χ3n) is 5.97. The number of carbonyl (C=O) groups excluding carboxylic acids is 2. The second kappa shape index (κ2) is 8.41. The lowest BCUT2D eigenvalue weighted by atomic mass is 9.99. The minimum absolute atomic E-state index is 0.00414. The summed E-state index contributed by atoms with van der Waals surface area (Å²) in [6.07, 6.45) is 2.53. The average molecular weight is 429 g/mol. The highest BCUT2D eigenvalue weighted by molar-refractivity contribution is 8.00. The minimum Gasteiger partial charge on any atom is -0.338 e. The fraction of sp³-hybridized carbons (Fsp3) is 0.391. The number of thioether (sulfide) groups is 1. The van der Waals surface area contributed by atoms with Crippen LogP contribution in [0.3, 0.4) is 0 Å². The first-order chi connectivity index (χ1) is 14.0. The van der Waals surface area contributed by atoms with E-state index in [1.54, 1.807) is 12.1 Å². The molecule has 2 aromatic carbocycles. The molecule has 2 fully saturated rings. The number of likely N-dealkylation sites (tertiary alicyclic amines) is 1. The normalized spacial score (nSPS) is 18.3. The molecule has 0 aromatic heterocycles. The SMILES string of the molecule is CCc1ccc(C(=O)N2CCC3(CC2)SCCN3C(=O)c2ccccc2Cl)cc1. The first-order valence-corrected chi connectivity index (χ1v) is 11.5. The van der Waals surface area contributed by atoms with Crippen molar-refractivity contribution in [2.24, 2.45) is 0 Å². The van der Waals surface area contributed by atoms with Crippen LogP contribution in [0.4, 0.5) is 0 Å². The van der Waals surface area contributed by atoms with Gasteiger partial charge in [0.1, 0.15) is 0 Å². The van der Waals surface area contributed by atoms with Crippen LogP contribution in [-0.4, -0.2) is 51.9 Å². The Morgan fingerprint density at radius 2 is 1.69 bits per heavy atom. The van der Waals surface area contributed by atoms with Gasteiger partial charge in [0.15, 0.2) is 0 Å². The largest absolute Gasteiger partial charge is 0.338 e. The van der Waals surface area contributed by atoms with Gasteiger partial charge in [-0.25, -0.2) is 0 Å². The van der Waals surface area contributed by atoms with Crippen molar-refractivity contribution in [3.05, 3.63) is 70.2 Å². The number of hydrogen-bond acceptors (Lipinski definition) is 3. The van der Waals surface area contributed by atoms with Crippen LogP contribution in [0.15, 0.2) is 48.5 Å². The number of aryl methyl sites for hydroxylation is 1. The maximum absolute atomic E-state index is 13.2. The number of rotatable bonds is 3. The van der Waals surface area contributed by atoms with Crippen molar-refractivity contribution in [1.29, 1.82) is 0 Å². The zero-order chi connectivity index (χ0) is 20.4. The lowest BCUT2D eigenvalue weighted by molar-refractivity contribution is 0.0498. The first-order valence-electron chi connectivity index (χ1n) is 10.1. The summed E-state index contributed by atoms with van der Waals surface area (Å²) in [5.74, 6) is 0.993. The number of nitrogens with zero attached hydrogens (tertiary/aromatic N) is 2. The molecule has 6 heteroatoms. The van der Waals surface area contributed by atoms with E-state index in [1.165, 1.54) is 5.56 Å². The predicted octanol–water partition coefficient (Wildman–Crippen LogP) is 4.72. The molecule has 0 saturated carbocycles. The van der Waals surface area contributed by atoms with E-state index in [-0.39, 0.29) is 16.7 Å². The second-order valence-corrected chi connectivity index (χ2v) is 9.44. The summed E-state index contributed by atoms with van der Waals surface area (Å²) in [7, 11) is 0. The van der Waals surface area contributed by atoms with Crippen LogP contribution >= 0.6 is 23.4 Å². The smallest absolute Gasteiger partial charge is 0.256 e. The van der Waals surface area contributed by atoms with Gasteiger partial charge in [0, 0.05) is 31.0 Å². The van der Waals surface area contributed by atoms with Crippen LogP contribution in [0, 0.1) is 0 Å². The van der Waals surface area contributed by atoms with E-state index in [1.807, 2.05) is 58.0 Å². The Labute approximate surface area is 181 Å². The van der Waals surface area contributed by atoms with E-state index in [0.717, 1.165) is 37.1 Å². The Hall–Kier alpha value is -1.98. The van der Waals surface area contributed by atoms with E-state index in [0.29, 0.717) is 23.7 Å². The van der Waals surface area contributed by atoms with Gasteiger partial charge in [-0.15, -0.1) is 11.8 Å². The number of piperidine rings is 1. The molecule has 2 aromatic rings. The standard InChI is InChI=1S/C23H25ClN2O2S/c1-2-17-7-9-18(10-8-17)21(27)25-13-11-23(12-14-25)26(15-16-29-23)22(28)19-5-3-4-6-20(19)24/h3-10H,2,11-16H2,1H3. The summed E-state index contributed by atoms with van der Waals surface area (Å²) in [4.78, 5) is 29.8. The molecule has 0 N–H and O–H groups in total. The van der Waals surface area contributed by atoms with Crippen LogP contribution in [0.1, 0.15) is 46.0 Å². The van der Waals surface area contributed by atoms with Crippen LogP contribution in [0.2, 0.25) is 5.02 Å². The van der Waals surface area contributed by atoms with Crippen molar-refractivity contribution in [3.8, 4) is 0 Å². The molecular formula is C23H25ClN2O2S. The van der Waals surface area contributed by atoms with Gasteiger partial charge >= 0.3 is 0 Å². The molecule has 4 rings (SSSR count). The number of benzene rings is 2. The van der Waals surface area contributed by atoms with E-state index in [4.69, 9.17) is 11.6 Å². The summed E-state index contributed by atoms with van der Waals surface area (Å²) in [5, 5.41) is 0.493. The summed E-state index contributed by atoms with van der Waals surface area (Å²) in [5.41, 5.74) is 2.53. The maximum atomic E-state index is 13.2. The van der Waals surface area contributed by atoms with E-state index in [2.05, 4.69) is 6.92 Å². The second-order valence-electron chi connectivity index (χ2n) is 7.57. The Morgan fingerprint density at radius 3 is 2.34 bits per heavy atom. The molecule has 0 radical (unpaired) electrons. The Bertz CT molecular complexity index is 907. The molecule has 152 valence electrons. The summed E-state index contributed by atoms with van der Waals surface area (Å²) in [6, 6.07) is 15.1. The van der Waals surface area contributed by atoms with Crippen LogP contribution in [0.25, 0.3) is 0 Å². The molecule has 0 bridgehead atoms. The fourth-order valence-corrected chi connectivity index (χ4v) is 5.89. The van der Waals surface area contributed by atoms with Crippen LogP contribution < -0.4 is 0 Å². The molecule has 4 nitrogen and oxygen atoms in total. The lowest BCUT2D eigenvalue weighted by Gasteiger charge is -2.44.